The molecule has 0 spiro atoms. The van der Waals surface area contributed by atoms with Crippen molar-refractivity contribution in [3.8, 4) is 0 Å². The highest BCUT2D eigenvalue weighted by molar-refractivity contribution is 7.75. The van der Waals surface area contributed by atoms with E-state index in [9.17, 15) is 4.57 Å². The van der Waals surface area contributed by atoms with Crippen LogP contribution in [0.1, 0.15) is 13.3 Å². The average molecular weight is 346 g/mol. The lowest BCUT2D eigenvalue weighted by atomic mass is 10.1. The summed E-state index contributed by atoms with van der Waals surface area (Å²) in [5.41, 5.74) is 2.05. The first-order valence-electron chi connectivity index (χ1n) is 8.51. The summed E-state index contributed by atoms with van der Waals surface area (Å²) in [6.45, 7) is 8.10. The Morgan fingerprint density at radius 2 is 1.92 bits per heavy atom. The van der Waals surface area contributed by atoms with Crippen LogP contribution in [-0.2, 0) is 4.57 Å². The van der Waals surface area contributed by atoms with Crippen LogP contribution in [0.25, 0.3) is 10.8 Å². The number of rotatable bonds is 4. The van der Waals surface area contributed by atoms with Crippen molar-refractivity contribution >= 4 is 23.2 Å². The predicted molar refractivity (Wildman–Crippen MR) is 111 cm³/mol. The fourth-order valence-electron chi connectivity index (χ4n) is 3.21. The highest BCUT2D eigenvalue weighted by atomic mass is 31.2. The van der Waals surface area contributed by atoms with E-state index in [1.54, 1.807) is 0 Å². The van der Waals surface area contributed by atoms with Gasteiger partial charge in [0.25, 0.3) is 0 Å². The molecule has 25 heavy (non-hydrogen) atoms. The van der Waals surface area contributed by atoms with E-state index in [2.05, 4.69) is 43.0 Å². The highest BCUT2D eigenvalue weighted by Crippen LogP contribution is 2.54. The second-order valence-electron chi connectivity index (χ2n) is 6.27. The number of fused-ring (bicyclic) bond motifs is 1. The molecule has 1 aliphatic carbocycles. The molecule has 126 valence electrons. The monoisotopic (exact) mass is 346 g/mol. The van der Waals surface area contributed by atoms with Crippen LogP contribution in [0.15, 0.2) is 102 Å². The van der Waals surface area contributed by atoms with Crippen molar-refractivity contribution in [2.24, 2.45) is 0 Å². The molecule has 0 aromatic heterocycles. The van der Waals surface area contributed by atoms with Crippen molar-refractivity contribution in [1.82, 2.24) is 0 Å². The third-order valence-corrected chi connectivity index (χ3v) is 7.16. The third kappa shape index (κ3) is 3.38. The van der Waals surface area contributed by atoms with Gasteiger partial charge in [0.2, 0.25) is 0 Å². The molecule has 3 rings (SSSR count). The van der Waals surface area contributed by atoms with E-state index in [0.29, 0.717) is 0 Å². The van der Waals surface area contributed by atoms with Crippen LogP contribution >= 0.6 is 7.14 Å². The van der Waals surface area contributed by atoms with Gasteiger partial charge in [-0.2, -0.15) is 0 Å². The largest absolute Gasteiger partial charge is 0.314 e. The topological polar surface area (TPSA) is 17.1 Å². The Morgan fingerprint density at radius 1 is 1.16 bits per heavy atom. The Morgan fingerprint density at radius 3 is 2.72 bits per heavy atom. The maximum Gasteiger partial charge on any atom is 0.140 e. The minimum absolute atomic E-state index is 0.719. The van der Waals surface area contributed by atoms with Gasteiger partial charge >= 0.3 is 0 Å². The number of allylic oxidation sites excluding steroid dienone is 9. The number of hydrogen-bond acceptors (Lipinski definition) is 1. The van der Waals surface area contributed by atoms with Gasteiger partial charge in [0.1, 0.15) is 7.14 Å². The second kappa shape index (κ2) is 7.25. The molecule has 1 atom stereocenters. The SMILES string of the molecule is C=C(C1=CCC=CC=C1/C=C\C)P(C)(=O)c1cccc2ccccc12. The lowest BCUT2D eigenvalue weighted by molar-refractivity contribution is 0.589. The minimum Gasteiger partial charge on any atom is -0.314 e. The maximum atomic E-state index is 13.9. The first-order chi connectivity index (χ1) is 12.1. The van der Waals surface area contributed by atoms with E-state index in [4.69, 9.17) is 0 Å². The average Bonchev–Trinajstić information content (AvgIpc) is 2.86. The zero-order valence-electron chi connectivity index (χ0n) is 14.8. The quantitative estimate of drug-likeness (QED) is 0.589. The van der Waals surface area contributed by atoms with E-state index >= 15 is 0 Å². The van der Waals surface area contributed by atoms with E-state index in [0.717, 1.165) is 39.0 Å². The minimum atomic E-state index is -2.80. The first kappa shape index (κ1) is 17.5. The smallest absolute Gasteiger partial charge is 0.140 e. The summed E-state index contributed by atoms with van der Waals surface area (Å²) >= 11 is 0. The molecule has 2 aromatic rings. The molecule has 0 aliphatic heterocycles. The van der Waals surface area contributed by atoms with E-state index in [-0.39, 0.29) is 0 Å². The molecule has 0 radical (unpaired) electrons. The summed E-state index contributed by atoms with van der Waals surface area (Å²) in [6.07, 6.45) is 13.2. The molecule has 2 aromatic carbocycles. The van der Waals surface area contributed by atoms with Gasteiger partial charge in [-0.15, -0.1) is 0 Å². The second-order valence-corrected chi connectivity index (χ2v) is 9.14. The van der Waals surface area contributed by atoms with Gasteiger partial charge in [-0.1, -0.05) is 85.5 Å². The van der Waals surface area contributed by atoms with Crippen LogP contribution in [-0.4, -0.2) is 6.66 Å². The Balaban J connectivity index is 2.12. The fraction of sp³-hybridized carbons (Fsp3) is 0.130. The van der Waals surface area contributed by atoms with Crippen LogP contribution in [0.5, 0.6) is 0 Å². The molecule has 0 amide bonds. The summed E-state index contributed by atoms with van der Waals surface area (Å²) in [7, 11) is -2.80. The molecular weight excluding hydrogens is 323 g/mol. The normalized spacial score (nSPS) is 17.0. The molecule has 0 N–H and O–H groups in total. The van der Waals surface area contributed by atoms with Gasteiger partial charge in [-0.25, -0.2) is 0 Å². The molecular formula is C23H23OP. The van der Waals surface area contributed by atoms with Crippen LogP contribution in [0.4, 0.5) is 0 Å². The Kier molecular flexibility index (Phi) is 5.06. The summed E-state index contributed by atoms with van der Waals surface area (Å²) in [6, 6.07) is 14.1. The third-order valence-electron chi connectivity index (χ3n) is 4.58. The Hall–Kier alpha value is -2.37. The van der Waals surface area contributed by atoms with Crippen LogP contribution < -0.4 is 5.30 Å². The van der Waals surface area contributed by atoms with Gasteiger partial charge in [0.05, 0.1) is 0 Å². The van der Waals surface area contributed by atoms with Crippen LogP contribution in [0.2, 0.25) is 0 Å². The molecule has 0 bridgehead atoms. The zero-order valence-corrected chi connectivity index (χ0v) is 15.7. The maximum absolute atomic E-state index is 13.9. The first-order valence-corrected chi connectivity index (χ1v) is 10.7. The fourth-order valence-corrected chi connectivity index (χ4v) is 5.21. The Bertz CT molecular complexity index is 981. The van der Waals surface area contributed by atoms with Gasteiger partial charge in [-0.05, 0) is 41.9 Å². The standard InChI is InChI=1S/C23H23OP/c1-4-11-19-12-6-5-7-15-21(19)18(2)25(3,24)23-17-10-14-20-13-8-9-16-22(20)23/h4-6,8-17H,2,7H2,1,3H3/b11-4-. The molecule has 1 nitrogen and oxygen atoms in total. The predicted octanol–water partition coefficient (Wildman–Crippen LogP) is 6.36. The van der Waals surface area contributed by atoms with Crippen molar-refractivity contribution in [2.75, 3.05) is 6.66 Å². The van der Waals surface area contributed by atoms with Crippen molar-refractivity contribution in [3.63, 3.8) is 0 Å². The van der Waals surface area contributed by atoms with Crippen LogP contribution in [0.3, 0.4) is 0 Å². The zero-order chi connectivity index (χ0) is 17.9. The van der Waals surface area contributed by atoms with Crippen LogP contribution in [0, 0.1) is 0 Å². The van der Waals surface area contributed by atoms with Gasteiger partial charge < -0.3 is 4.57 Å². The lowest BCUT2D eigenvalue weighted by Gasteiger charge is -2.21. The summed E-state index contributed by atoms with van der Waals surface area (Å²) in [4.78, 5) is 0. The Labute approximate surface area is 150 Å². The molecule has 1 aliphatic rings. The van der Waals surface area contributed by atoms with E-state index in [1.807, 2.05) is 56.1 Å². The van der Waals surface area contributed by atoms with Gasteiger partial charge in [-0.3, -0.25) is 0 Å². The summed E-state index contributed by atoms with van der Waals surface area (Å²) in [5, 5.41) is 3.75. The van der Waals surface area contributed by atoms with Crippen molar-refractivity contribution in [2.45, 2.75) is 13.3 Å². The molecule has 0 saturated heterocycles. The summed E-state index contributed by atoms with van der Waals surface area (Å²) < 4.78 is 13.9. The van der Waals surface area contributed by atoms with Crippen molar-refractivity contribution in [1.29, 1.82) is 0 Å². The van der Waals surface area contributed by atoms with E-state index < -0.39 is 7.14 Å². The molecule has 2 heteroatoms. The number of hydrogen-bond donors (Lipinski definition) is 0. The molecule has 0 fully saturated rings. The molecule has 0 heterocycles. The van der Waals surface area contributed by atoms with Crippen molar-refractivity contribution < 1.29 is 4.57 Å². The summed E-state index contributed by atoms with van der Waals surface area (Å²) in [5.74, 6) is 0. The molecule has 1 unspecified atom stereocenters. The molecule has 0 saturated carbocycles. The highest BCUT2D eigenvalue weighted by Gasteiger charge is 2.27. The van der Waals surface area contributed by atoms with Crippen molar-refractivity contribution in [3.05, 3.63) is 102 Å². The van der Waals surface area contributed by atoms with Gasteiger partial charge in [0, 0.05) is 10.6 Å². The number of benzene rings is 2. The van der Waals surface area contributed by atoms with E-state index in [1.165, 1.54) is 0 Å². The van der Waals surface area contributed by atoms with Gasteiger partial charge in [0.15, 0.2) is 0 Å². The lowest BCUT2D eigenvalue weighted by Crippen LogP contribution is -2.08.